The third-order valence-electron chi connectivity index (χ3n) is 7.30. The van der Waals surface area contributed by atoms with Gasteiger partial charge in [0.1, 0.15) is 5.58 Å². The zero-order chi connectivity index (χ0) is 29.5. The number of ether oxygens (including phenoxy) is 2. The first-order chi connectivity index (χ1) is 20.2. The highest BCUT2D eigenvalue weighted by Gasteiger charge is 2.47. The average molecular weight is 583 g/mol. The number of aryl methyl sites for hydroxylation is 1. The summed E-state index contributed by atoms with van der Waals surface area (Å²) in [5, 5.41) is 12.3. The molecule has 9 heteroatoms. The molecule has 2 aromatic heterocycles. The fourth-order valence-corrected chi connectivity index (χ4v) is 6.17. The van der Waals surface area contributed by atoms with Crippen LogP contribution in [0.5, 0.6) is 11.5 Å². The van der Waals surface area contributed by atoms with Crippen LogP contribution in [0, 0.1) is 12.8 Å². The Morgan fingerprint density at radius 2 is 1.90 bits per heavy atom. The number of methoxy groups -OCH3 is 1. The molecule has 1 aliphatic heterocycles. The van der Waals surface area contributed by atoms with Crippen molar-refractivity contribution in [3.63, 3.8) is 0 Å². The van der Waals surface area contributed by atoms with E-state index in [4.69, 9.17) is 18.9 Å². The Labute approximate surface area is 246 Å². The number of carbonyl (C=O) groups is 2. The molecule has 1 atom stereocenters. The molecule has 3 aromatic carbocycles. The molecule has 3 heterocycles. The monoisotopic (exact) mass is 582 g/mol. The van der Waals surface area contributed by atoms with E-state index in [1.807, 2.05) is 43.3 Å². The fourth-order valence-electron chi connectivity index (χ4n) is 5.08. The second-order valence-corrected chi connectivity index (χ2v) is 11.7. The van der Waals surface area contributed by atoms with Crippen LogP contribution in [0.4, 0.5) is 5.13 Å². The van der Waals surface area contributed by atoms with Gasteiger partial charge in [0.25, 0.3) is 5.91 Å². The highest BCUT2D eigenvalue weighted by Crippen LogP contribution is 2.46. The van der Waals surface area contributed by atoms with Crippen LogP contribution >= 0.6 is 11.3 Å². The number of anilines is 1. The number of nitrogens with zero attached hydrogens (tertiary/aromatic N) is 2. The highest BCUT2D eigenvalue weighted by atomic mass is 32.1. The van der Waals surface area contributed by atoms with Crippen molar-refractivity contribution in [1.29, 1.82) is 0 Å². The minimum absolute atomic E-state index is 0.0259. The quantitative estimate of drug-likeness (QED) is 0.179. The maximum absolute atomic E-state index is 14.0. The molecule has 0 saturated carbocycles. The lowest BCUT2D eigenvalue weighted by Crippen LogP contribution is -2.31. The summed E-state index contributed by atoms with van der Waals surface area (Å²) >= 11 is 1.32. The molecule has 0 bridgehead atoms. The van der Waals surface area contributed by atoms with E-state index >= 15 is 0 Å². The summed E-state index contributed by atoms with van der Waals surface area (Å²) in [6.07, 6.45) is 0.875. The fraction of sp³-hybridized carbons (Fsp3) is 0.242. The normalized spacial score (nSPS) is 15.4. The SMILES string of the molecule is COc1cc([C@H]2C(C(=O)c3cc4ccccc4o3)=C(O)C(=O)N2c2nc3ccc(C)cc3s2)ccc1OCCC(C)C. The lowest BCUT2D eigenvalue weighted by atomic mass is 9.95. The number of fused-ring (bicyclic) bond motifs is 2. The van der Waals surface area contributed by atoms with Crippen LogP contribution in [-0.4, -0.2) is 35.5 Å². The molecule has 0 spiro atoms. The molecule has 0 radical (unpaired) electrons. The molecular formula is C33H30N2O6S. The first-order valence-electron chi connectivity index (χ1n) is 13.7. The van der Waals surface area contributed by atoms with Gasteiger partial charge in [0.05, 0.1) is 35.5 Å². The lowest BCUT2D eigenvalue weighted by molar-refractivity contribution is -0.117. The number of benzene rings is 3. The van der Waals surface area contributed by atoms with E-state index in [2.05, 4.69) is 13.8 Å². The Balaban J connectivity index is 1.47. The molecule has 42 heavy (non-hydrogen) atoms. The summed E-state index contributed by atoms with van der Waals surface area (Å²) < 4.78 is 18.4. The van der Waals surface area contributed by atoms with Crippen molar-refractivity contribution in [1.82, 2.24) is 4.98 Å². The number of para-hydroxylation sites is 1. The van der Waals surface area contributed by atoms with Crippen molar-refractivity contribution in [3.8, 4) is 11.5 Å². The average Bonchev–Trinajstić information content (AvgIpc) is 3.66. The van der Waals surface area contributed by atoms with Gasteiger partial charge in [0, 0.05) is 5.39 Å². The Morgan fingerprint density at radius 3 is 2.67 bits per heavy atom. The van der Waals surface area contributed by atoms with Crippen molar-refractivity contribution in [2.24, 2.45) is 5.92 Å². The smallest absolute Gasteiger partial charge is 0.296 e. The molecule has 8 nitrogen and oxygen atoms in total. The van der Waals surface area contributed by atoms with Crippen LogP contribution in [0.2, 0.25) is 0 Å². The number of Topliss-reactive ketones (excluding diaryl/α,β-unsaturated/α-hetero) is 1. The second-order valence-electron chi connectivity index (χ2n) is 10.7. The first kappa shape index (κ1) is 27.5. The van der Waals surface area contributed by atoms with Crippen LogP contribution in [-0.2, 0) is 4.79 Å². The van der Waals surface area contributed by atoms with E-state index in [-0.39, 0.29) is 11.3 Å². The Hall–Kier alpha value is -4.63. The van der Waals surface area contributed by atoms with Gasteiger partial charge < -0.3 is 19.0 Å². The van der Waals surface area contributed by atoms with Crippen molar-refractivity contribution < 1.29 is 28.6 Å². The van der Waals surface area contributed by atoms with E-state index in [0.29, 0.717) is 40.3 Å². The third-order valence-corrected chi connectivity index (χ3v) is 8.31. The van der Waals surface area contributed by atoms with E-state index in [1.165, 1.54) is 23.3 Å². The summed E-state index contributed by atoms with van der Waals surface area (Å²) in [5.41, 5.74) is 2.77. The zero-order valence-electron chi connectivity index (χ0n) is 23.7. The van der Waals surface area contributed by atoms with Crippen LogP contribution < -0.4 is 14.4 Å². The molecule has 0 saturated heterocycles. The van der Waals surface area contributed by atoms with Crippen LogP contribution in [0.3, 0.4) is 0 Å². The topological polar surface area (TPSA) is 102 Å². The molecule has 1 amide bonds. The minimum Gasteiger partial charge on any atom is -0.503 e. The lowest BCUT2D eigenvalue weighted by Gasteiger charge is -2.25. The summed E-state index contributed by atoms with van der Waals surface area (Å²) in [4.78, 5) is 33.8. The number of aromatic nitrogens is 1. The van der Waals surface area contributed by atoms with Gasteiger partial charge in [-0.05, 0) is 66.8 Å². The van der Waals surface area contributed by atoms with Crippen LogP contribution in [0.1, 0.15) is 48.0 Å². The van der Waals surface area contributed by atoms with E-state index in [1.54, 1.807) is 30.3 Å². The number of thiazole rings is 1. The summed E-state index contributed by atoms with van der Waals surface area (Å²) in [5.74, 6) is -0.442. The van der Waals surface area contributed by atoms with Crippen LogP contribution in [0.15, 0.2) is 82.5 Å². The number of hydrogen-bond donors (Lipinski definition) is 1. The number of ketones is 1. The second kappa shape index (κ2) is 11.0. The Bertz CT molecular complexity index is 1830. The predicted octanol–water partition coefficient (Wildman–Crippen LogP) is 7.57. The van der Waals surface area contributed by atoms with E-state index in [9.17, 15) is 14.7 Å². The van der Waals surface area contributed by atoms with Crippen molar-refractivity contribution in [3.05, 3.63) is 94.9 Å². The summed E-state index contributed by atoms with van der Waals surface area (Å²) in [6, 6.07) is 19.0. The van der Waals surface area contributed by atoms with Gasteiger partial charge in [0.15, 0.2) is 28.1 Å². The van der Waals surface area contributed by atoms with Gasteiger partial charge in [-0.25, -0.2) is 4.98 Å². The van der Waals surface area contributed by atoms with Gasteiger partial charge in [-0.1, -0.05) is 55.5 Å². The first-order valence-corrected chi connectivity index (χ1v) is 14.5. The van der Waals surface area contributed by atoms with Crippen molar-refractivity contribution in [2.75, 3.05) is 18.6 Å². The maximum Gasteiger partial charge on any atom is 0.296 e. The van der Waals surface area contributed by atoms with Gasteiger partial charge >= 0.3 is 0 Å². The third kappa shape index (κ3) is 4.90. The summed E-state index contributed by atoms with van der Waals surface area (Å²) in [7, 11) is 1.54. The van der Waals surface area contributed by atoms with Gasteiger partial charge in [-0.2, -0.15) is 0 Å². The van der Waals surface area contributed by atoms with Crippen molar-refractivity contribution >= 4 is 49.3 Å². The molecule has 6 rings (SSSR count). The molecule has 0 unspecified atom stereocenters. The maximum atomic E-state index is 14.0. The molecule has 214 valence electrons. The number of hydrogen-bond acceptors (Lipinski definition) is 8. The number of aliphatic hydroxyl groups excluding tert-OH is 1. The predicted molar refractivity (Wildman–Crippen MR) is 163 cm³/mol. The number of rotatable bonds is 9. The molecule has 5 aromatic rings. The zero-order valence-corrected chi connectivity index (χ0v) is 24.5. The Kier molecular flexibility index (Phi) is 7.20. The van der Waals surface area contributed by atoms with Gasteiger partial charge in [-0.3, -0.25) is 14.5 Å². The molecular weight excluding hydrogens is 552 g/mol. The molecule has 0 fully saturated rings. The largest absolute Gasteiger partial charge is 0.503 e. The standard InChI is InChI=1S/C33H30N2O6S/c1-18(2)13-14-40-24-12-10-21(17-25(24)39-4)29-28(30(36)26-16-20-7-5-6-8-23(20)41-26)31(37)32(38)35(29)33-34-22-11-9-19(3)15-27(22)42-33/h5-12,15-18,29,37H,13-14H2,1-4H3/t29-/m0/s1. The minimum atomic E-state index is -0.988. The Morgan fingerprint density at radius 1 is 1.10 bits per heavy atom. The molecule has 1 N–H and O–H groups in total. The summed E-state index contributed by atoms with van der Waals surface area (Å²) in [6.45, 7) is 6.75. The highest BCUT2D eigenvalue weighted by molar-refractivity contribution is 7.22. The van der Waals surface area contributed by atoms with Crippen molar-refractivity contribution in [2.45, 2.75) is 33.2 Å². The molecule has 1 aliphatic rings. The number of aliphatic hydroxyl groups is 1. The number of amides is 1. The number of carbonyl (C=O) groups excluding carboxylic acids is 2. The van der Waals surface area contributed by atoms with Gasteiger partial charge in [0.2, 0.25) is 5.78 Å². The number of furan rings is 1. The molecule has 0 aliphatic carbocycles. The van der Waals surface area contributed by atoms with E-state index < -0.39 is 23.5 Å². The van der Waals surface area contributed by atoms with Crippen LogP contribution in [0.25, 0.3) is 21.2 Å². The van der Waals surface area contributed by atoms with E-state index in [0.717, 1.165) is 27.6 Å². The van der Waals surface area contributed by atoms with Gasteiger partial charge in [-0.15, -0.1) is 0 Å².